The van der Waals surface area contributed by atoms with Gasteiger partial charge in [-0.1, -0.05) is 17.7 Å². The highest BCUT2D eigenvalue weighted by molar-refractivity contribution is 7.23. The summed E-state index contributed by atoms with van der Waals surface area (Å²) in [5.41, 5.74) is 12.0. The molecule has 8 rings (SSSR count). The molecule has 0 amide bonds. The van der Waals surface area contributed by atoms with Crippen LogP contribution in [0.1, 0.15) is 44.1 Å². The Hall–Kier alpha value is -3.57. The van der Waals surface area contributed by atoms with E-state index < -0.39 is 23.3 Å². The number of nitrogen functional groups attached to an aromatic ring is 1. The number of alkyl halides is 1. The number of benzene rings is 2. The van der Waals surface area contributed by atoms with Crippen LogP contribution in [-0.2, 0) is 0 Å². The molecule has 4 atom stereocenters. The van der Waals surface area contributed by atoms with Crippen LogP contribution in [0.25, 0.3) is 32.1 Å². The molecule has 0 bridgehead atoms. The molecule has 1 aliphatic carbocycles. The van der Waals surface area contributed by atoms with Crippen LogP contribution in [0.3, 0.4) is 0 Å². The zero-order chi connectivity index (χ0) is 31.9. The fourth-order valence-electron chi connectivity index (χ4n) is 8.02. The number of nitriles is 1. The summed E-state index contributed by atoms with van der Waals surface area (Å²) in [7, 11) is 0. The van der Waals surface area contributed by atoms with Gasteiger partial charge >= 0.3 is 6.01 Å². The molecule has 2 saturated heterocycles. The number of ether oxygens (including phenoxy) is 2. The molecular formula is C32H31ClF3N7O2S. The first-order chi connectivity index (χ1) is 22.2. The Bertz CT molecular complexity index is 1950. The van der Waals surface area contributed by atoms with Gasteiger partial charge in [-0.3, -0.25) is 4.90 Å². The maximum absolute atomic E-state index is 17.1. The van der Waals surface area contributed by atoms with E-state index in [1.165, 1.54) is 12.1 Å². The minimum absolute atomic E-state index is 0.0288. The van der Waals surface area contributed by atoms with Crippen molar-refractivity contribution in [3.8, 4) is 29.0 Å². The van der Waals surface area contributed by atoms with Crippen LogP contribution in [0.4, 0.5) is 24.0 Å². The number of nitrogens with two attached hydrogens (primary N) is 2. The number of rotatable bonds is 5. The van der Waals surface area contributed by atoms with Crippen molar-refractivity contribution in [1.29, 1.82) is 5.26 Å². The van der Waals surface area contributed by atoms with Crippen LogP contribution in [0.15, 0.2) is 12.1 Å². The van der Waals surface area contributed by atoms with Crippen molar-refractivity contribution in [3.63, 3.8) is 0 Å². The van der Waals surface area contributed by atoms with Gasteiger partial charge in [-0.15, -0.1) is 11.3 Å². The van der Waals surface area contributed by atoms with Crippen molar-refractivity contribution in [1.82, 2.24) is 14.9 Å². The predicted molar refractivity (Wildman–Crippen MR) is 171 cm³/mol. The van der Waals surface area contributed by atoms with Gasteiger partial charge in [-0.05, 0) is 50.3 Å². The Balaban J connectivity index is 1.34. The molecule has 5 heterocycles. The maximum Gasteiger partial charge on any atom is 0.319 e. The molecule has 46 heavy (non-hydrogen) atoms. The number of fused-ring (bicyclic) bond motifs is 2. The summed E-state index contributed by atoms with van der Waals surface area (Å²) in [6.45, 7) is 1.99. The number of anilines is 2. The Kier molecular flexibility index (Phi) is 7.13. The molecule has 3 aliphatic heterocycles. The molecule has 0 spiro atoms. The molecule has 4 aliphatic rings. The van der Waals surface area contributed by atoms with Gasteiger partial charge in [0.1, 0.15) is 47.6 Å². The number of hydrogen-bond acceptors (Lipinski definition) is 10. The number of hydrogen-bond donors (Lipinski definition) is 2. The smallest absolute Gasteiger partial charge is 0.319 e. The number of nitrogens with zero attached hydrogens (tertiary/aromatic N) is 5. The van der Waals surface area contributed by atoms with E-state index in [9.17, 15) is 14.0 Å². The second-order valence-corrected chi connectivity index (χ2v) is 14.2. The van der Waals surface area contributed by atoms with Crippen LogP contribution in [0.5, 0.6) is 11.8 Å². The quantitative estimate of drug-likeness (QED) is 0.266. The highest BCUT2D eigenvalue weighted by Crippen LogP contribution is 2.51. The minimum Gasteiger partial charge on any atom is -0.489 e. The fraction of sp³-hybridized carbons (Fsp3) is 0.469. The lowest BCUT2D eigenvalue weighted by Gasteiger charge is -2.31. The van der Waals surface area contributed by atoms with Crippen molar-refractivity contribution in [2.45, 2.75) is 62.3 Å². The second-order valence-electron chi connectivity index (χ2n) is 12.8. The SMILES string of the molecule is N#Cc1c(N)sc2c(F)ccc(-c3c(Cl)c4c5c(nc(OC[C@@]67CCCN6C[C@H](F)C7)nc5c3F)N(C3CCC(N)C3)CCO4)c12. The Morgan fingerprint density at radius 2 is 2.07 bits per heavy atom. The third-order valence-corrected chi connectivity index (χ3v) is 11.5. The molecule has 4 N–H and O–H groups in total. The third-order valence-electron chi connectivity index (χ3n) is 10.1. The normalized spacial score (nSPS) is 26.0. The lowest BCUT2D eigenvalue weighted by molar-refractivity contribution is 0.107. The summed E-state index contributed by atoms with van der Waals surface area (Å²) in [6.07, 6.45) is 3.55. The van der Waals surface area contributed by atoms with E-state index in [1.807, 2.05) is 6.07 Å². The molecule has 2 aromatic carbocycles. The Labute approximate surface area is 271 Å². The van der Waals surface area contributed by atoms with Gasteiger partial charge in [0.05, 0.1) is 32.8 Å². The van der Waals surface area contributed by atoms with Crippen LogP contribution in [0, 0.1) is 23.0 Å². The van der Waals surface area contributed by atoms with Crippen LogP contribution >= 0.6 is 22.9 Å². The zero-order valence-electron chi connectivity index (χ0n) is 24.8. The van der Waals surface area contributed by atoms with Gasteiger partial charge in [-0.25, -0.2) is 13.2 Å². The van der Waals surface area contributed by atoms with Crippen LogP contribution in [0.2, 0.25) is 5.02 Å². The molecule has 240 valence electrons. The third kappa shape index (κ3) is 4.48. The van der Waals surface area contributed by atoms with E-state index >= 15 is 4.39 Å². The topological polar surface area (TPSA) is 127 Å². The van der Waals surface area contributed by atoms with Crippen LogP contribution in [-0.4, -0.2) is 71.5 Å². The summed E-state index contributed by atoms with van der Waals surface area (Å²) < 4.78 is 59.2. The average molecular weight is 670 g/mol. The van der Waals surface area contributed by atoms with E-state index in [2.05, 4.69) is 14.8 Å². The first-order valence-electron chi connectivity index (χ1n) is 15.5. The van der Waals surface area contributed by atoms with Gasteiger partial charge in [0.25, 0.3) is 0 Å². The van der Waals surface area contributed by atoms with Gasteiger partial charge in [0.15, 0.2) is 11.6 Å². The molecule has 0 radical (unpaired) electrons. The number of halogens is 4. The monoisotopic (exact) mass is 669 g/mol. The largest absolute Gasteiger partial charge is 0.489 e. The highest BCUT2D eigenvalue weighted by atomic mass is 35.5. The first-order valence-corrected chi connectivity index (χ1v) is 16.7. The minimum atomic E-state index is -0.938. The molecular weight excluding hydrogens is 639 g/mol. The van der Waals surface area contributed by atoms with Crippen molar-refractivity contribution >= 4 is 54.7 Å². The fourth-order valence-corrected chi connectivity index (χ4v) is 9.30. The number of aromatic nitrogens is 2. The van der Waals surface area contributed by atoms with Gasteiger partial charge < -0.3 is 25.8 Å². The molecule has 3 fully saturated rings. The van der Waals surface area contributed by atoms with Crippen LogP contribution < -0.4 is 25.8 Å². The molecule has 14 heteroatoms. The molecule has 2 unspecified atom stereocenters. The molecule has 4 aromatic rings. The van der Waals surface area contributed by atoms with E-state index in [1.54, 1.807) is 0 Å². The van der Waals surface area contributed by atoms with Crippen molar-refractivity contribution in [2.75, 3.05) is 43.5 Å². The molecule has 9 nitrogen and oxygen atoms in total. The zero-order valence-corrected chi connectivity index (χ0v) is 26.4. The lowest BCUT2D eigenvalue weighted by atomic mass is 9.95. The number of thiophene rings is 1. The first kappa shape index (κ1) is 29.8. The summed E-state index contributed by atoms with van der Waals surface area (Å²) in [5.74, 6) is -0.763. The van der Waals surface area contributed by atoms with Gasteiger partial charge in [-0.2, -0.15) is 15.2 Å². The van der Waals surface area contributed by atoms with E-state index in [4.69, 9.17) is 37.5 Å². The van der Waals surface area contributed by atoms with Gasteiger partial charge in [0.2, 0.25) is 0 Å². The van der Waals surface area contributed by atoms with Crippen molar-refractivity contribution < 1.29 is 22.6 Å². The van der Waals surface area contributed by atoms with E-state index in [0.717, 1.165) is 50.0 Å². The molecule has 2 aromatic heterocycles. The summed E-state index contributed by atoms with van der Waals surface area (Å²) in [6, 6.07) is 4.64. The Morgan fingerprint density at radius 3 is 2.85 bits per heavy atom. The maximum atomic E-state index is 17.1. The summed E-state index contributed by atoms with van der Waals surface area (Å²) in [4.78, 5) is 13.6. The Morgan fingerprint density at radius 1 is 1.22 bits per heavy atom. The average Bonchev–Trinajstić information content (AvgIpc) is 3.76. The molecule has 1 saturated carbocycles. The summed E-state index contributed by atoms with van der Waals surface area (Å²) >= 11 is 7.92. The summed E-state index contributed by atoms with van der Waals surface area (Å²) in [5, 5.41) is 10.4. The van der Waals surface area contributed by atoms with E-state index in [0.29, 0.717) is 30.7 Å². The standard InChI is InChI=1S/C32H31ClF3N7O2S/c33-24-22(18-4-5-20(35)28-21(18)19(12-37)29(39)46-28)25(36)26-23-27(24)44-9-8-43(17-3-2-16(38)10-17)30(23)41-31(40-26)45-14-32-6-1-7-42(32)13-15(34)11-32/h4-5,15-17H,1-3,6-11,13-14,38-39H2/t15-,16?,17?,32+/m1/s1. The van der Waals surface area contributed by atoms with Crippen molar-refractivity contribution in [3.05, 3.63) is 34.4 Å². The van der Waals surface area contributed by atoms with Gasteiger partial charge in [0, 0.05) is 36.0 Å². The van der Waals surface area contributed by atoms with E-state index in [-0.39, 0.29) is 79.4 Å². The predicted octanol–water partition coefficient (Wildman–Crippen LogP) is 5.93. The second kappa shape index (κ2) is 11.0. The lowest BCUT2D eigenvalue weighted by Crippen LogP contribution is -2.43. The van der Waals surface area contributed by atoms with Crippen molar-refractivity contribution in [2.24, 2.45) is 5.73 Å². The highest BCUT2D eigenvalue weighted by Gasteiger charge is 2.49.